The second kappa shape index (κ2) is 8.09. The van der Waals surface area contributed by atoms with E-state index in [1.807, 2.05) is 16.2 Å². The lowest BCUT2D eigenvalue weighted by Gasteiger charge is -2.06. The van der Waals surface area contributed by atoms with Crippen molar-refractivity contribution in [2.24, 2.45) is 7.05 Å². The number of aliphatic hydroxyl groups excluding tert-OH is 1. The molecule has 0 aliphatic heterocycles. The van der Waals surface area contributed by atoms with Crippen molar-refractivity contribution in [3.05, 3.63) is 24.0 Å². The Morgan fingerprint density at radius 1 is 1.38 bits per heavy atom. The van der Waals surface area contributed by atoms with Gasteiger partial charge in [-0.3, -0.25) is 15.2 Å². The van der Waals surface area contributed by atoms with Crippen molar-refractivity contribution in [2.75, 3.05) is 18.4 Å². The number of aryl methyl sites for hydroxylation is 1. The molecule has 0 radical (unpaired) electrons. The van der Waals surface area contributed by atoms with E-state index < -0.39 is 0 Å². The van der Waals surface area contributed by atoms with Gasteiger partial charge in [0.05, 0.1) is 25.9 Å². The van der Waals surface area contributed by atoms with Crippen LogP contribution >= 0.6 is 0 Å². The predicted octanol–water partition coefficient (Wildman–Crippen LogP) is 0.929. The summed E-state index contributed by atoms with van der Waals surface area (Å²) in [6.07, 6.45) is 1.61. The third kappa shape index (κ3) is 3.84. The summed E-state index contributed by atoms with van der Waals surface area (Å²) in [4.78, 5) is 11.5. The number of aliphatic hydroxyl groups is 1. The lowest BCUT2D eigenvalue weighted by molar-refractivity contribution is -0.654. The van der Waals surface area contributed by atoms with Crippen molar-refractivity contribution in [2.45, 2.75) is 32.7 Å². The van der Waals surface area contributed by atoms with E-state index in [0.29, 0.717) is 32.4 Å². The number of anilines is 1. The van der Waals surface area contributed by atoms with Crippen molar-refractivity contribution in [3.63, 3.8) is 0 Å². The number of hydrogen-bond donors (Lipinski definition) is 3. The number of carbonyl (C=O) groups is 1. The number of carbonyl (C=O) groups excluding carboxylic acids is 1. The van der Waals surface area contributed by atoms with Crippen molar-refractivity contribution in [3.8, 4) is 0 Å². The summed E-state index contributed by atoms with van der Waals surface area (Å²) in [6, 6.07) is 5.01. The Labute approximate surface area is 140 Å². The van der Waals surface area contributed by atoms with E-state index >= 15 is 0 Å². The van der Waals surface area contributed by atoms with Crippen molar-refractivity contribution < 1.29 is 29.6 Å². The van der Waals surface area contributed by atoms with Crippen LogP contribution in [0, 0.1) is 0 Å². The highest BCUT2D eigenvalue weighted by Crippen LogP contribution is 2.21. The van der Waals surface area contributed by atoms with Crippen LogP contribution in [0.3, 0.4) is 0 Å². The highest BCUT2D eigenvalue weighted by atomic mass is 16.8. The number of benzene rings is 1. The molecule has 0 fully saturated rings. The minimum Gasteiger partial charge on any atom is -0.466 e. The minimum atomic E-state index is -0.219. The van der Waals surface area contributed by atoms with Crippen LogP contribution in [0.25, 0.3) is 11.0 Å². The molecule has 0 aliphatic carbocycles. The summed E-state index contributed by atoms with van der Waals surface area (Å²) in [5, 5.41) is 27.8. The van der Waals surface area contributed by atoms with E-state index in [0.717, 1.165) is 16.9 Å². The van der Waals surface area contributed by atoms with Crippen LogP contribution in [0.1, 0.15) is 25.6 Å². The van der Waals surface area contributed by atoms with Gasteiger partial charge in [-0.05, 0) is 25.5 Å². The molecule has 0 spiro atoms. The quantitative estimate of drug-likeness (QED) is 0.376. The fourth-order valence-corrected chi connectivity index (χ4v) is 2.87. The van der Waals surface area contributed by atoms with E-state index in [1.165, 1.54) is 0 Å². The summed E-state index contributed by atoms with van der Waals surface area (Å²) in [5.74, 6) is 0.728. The van der Waals surface area contributed by atoms with E-state index in [-0.39, 0.29) is 23.5 Å². The topological polar surface area (TPSA) is 99.0 Å². The van der Waals surface area contributed by atoms with Crippen LogP contribution < -0.4 is 9.79 Å². The highest BCUT2D eigenvalue weighted by molar-refractivity contribution is 5.77. The molecule has 1 aromatic carbocycles. The van der Waals surface area contributed by atoms with Gasteiger partial charge in [0.1, 0.15) is 6.54 Å². The van der Waals surface area contributed by atoms with Crippen LogP contribution in [0.5, 0.6) is 0 Å². The number of esters is 1. The predicted molar refractivity (Wildman–Crippen MR) is 85.8 cm³/mol. The molecule has 0 saturated heterocycles. The molecular weight excluding hydrogens is 314 g/mol. The largest absolute Gasteiger partial charge is 0.466 e. The van der Waals surface area contributed by atoms with Gasteiger partial charge in [0, 0.05) is 18.9 Å². The zero-order valence-corrected chi connectivity index (χ0v) is 14.0. The van der Waals surface area contributed by atoms with Crippen LogP contribution in [0.2, 0.25) is 0 Å². The molecule has 24 heavy (non-hydrogen) atoms. The molecule has 0 unspecified atom stereocenters. The molecule has 3 N–H and O–H groups in total. The lowest BCUT2D eigenvalue weighted by atomic mass is 10.2. The number of aromatic nitrogens is 2. The van der Waals surface area contributed by atoms with Gasteiger partial charge in [-0.15, -0.1) is 5.23 Å². The second-order valence-corrected chi connectivity index (χ2v) is 5.47. The maximum atomic E-state index is 11.5. The summed E-state index contributed by atoms with van der Waals surface area (Å²) >= 11 is 0. The molecule has 2 rings (SSSR count). The van der Waals surface area contributed by atoms with Crippen LogP contribution in [0.4, 0.5) is 5.69 Å². The van der Waals surface area contributed by atoms with Gasteiger partial charge in [0.2, 0.25) is 0 Å². The normalized spacial score (nSPS) is 11.0. The first-order chi connectivity index (χ1) is 11.5. The Morgan fingerprint density at radius 3 is 2.75 bits per heavy atom. The minimum absolute atomic E-state index is 0.0408. The van der Waals surface area contributed by atoms with Crippen LogP contribution in [-0.2, 0) is 29.5 Å². The molecule has 0 saturated carbocycles. The first-order valence-corrected chi connectivity index (χ1v) is 7.95. The Hall–Kier alpha value is -2.16. The standard InChI is InChI=1S/C16H24N3O5/c1-3-24-16(21)6-4-5-15-17(2)13-8-7-12(19(22)23)11-14(13)18(15)9-10-20/h7-8,11,20,22-23H,3-6,9-10H2,1-2H3/q+1. The number of nitrogens with zero attached hydrogens (tertiary/aromatic N) is 3. The summed E-state index contributed by atoms with van der Waals surface area (Å²) in [5.41, 5.74) is 1.92. The number of ether oxygens (including phenoxy) is 1. The number of hydrogen-bond acceptors (Lipinski definition) is 6. The number of imidazole rings is 1. The van der Waals surface area contributed by atoms with Gasteiger partial charge in [0.15, 0.2) is 11.0 Å². The zero-order valence-electron chi connectivity index (χ0n) is 14.0. The third-order valence-electron chi connectivity index (χ3n) is 3.95. The maximum Gasteiger partial charge on any atom is 0.305 e. The van der Waals surface area contributed by atoms with Gasteiger partial charge in [-0.1, -0.05) is 0 Å². The SMILES string of the molecule is CCOC(=O)CCCc1n(CCO)c2cc(N(O)O)ccc2[n+]1C. The highest BCUT2D eigenvalue weighted by Gasteiger charge is 2.23. The Bertz CT molecular complexity index is 711. The van der Waals surface area contributed by atoms with Gasteiger partial charge >= 0.3 is 5.97 Å². The molecule has 2 aromatic rings. The molecule has 0 amide bonds. The molecular formula is C16H24N3O5+. The molecule has 1 heterocycles. The molecule has 132 valence electrons. The fraction of sp³-hybridized carbons (Fsp3) is 0.500. The molecule has 8 heteroatoms. The molecule has 0 aliphatic rings. The van der Waals surface area contributed by atoms with Gasteiger partial charge in [-0.25, -0.2) is 9.13 Å². The Kier molecular flexibility index (Phi) is 6.13. The van der Waals surface area contributed by atoms with E-state index in [1.54, 1.807) is 25.1 Å². The first-order valence-electron chi connectivity index (χ1n) is 7.95. The van der Waals surface area contributed by atoms with Crippen LogP contribution in [0.15, 0.2) is 18.2 Å². The molecule has 1 aromatic heterocycles. The summed E-state index contributed by atoms with van der Waals surface area (Å²) in [6.45, 7) is 2.49. The molecule has 0 bridgehead atoms. The second-order valence-electron chi connectivity index (χ2n) is 5.47. The summed E-state index contributed by atoms with van der Waals surface area (Å²) in [7, 11) is 1.91. The maximum absolute atomic E-state index is 11.5. The Balaban J connectivity index is 2.32. The van der Waals surface area contributed by atoms with Gasteiger partial charge < -0.3 is 9.84 Å². The Morgan fingerprint density at radius 2 is 2.12 bits per heavy atom. The lowest BCUT2D eigenvalue weighted by Crippen LogP contribution is -2.33. The zero-order chi connectivity index (χ0) is 17.7. The van der Waals surface area contributed by atoms with Crippen molar-refractivity contribution >= 4 is 22.7 Å². The fourth-order valence-electron chi connectivity index (χ4n) is 2.87. The van der Waals surface area contributed by atoms with E-state index in [4.69, 9.17) is 4.74 Å². The average molecular weight is 338 g/mol. The smallest absolute Gasteiger partial charge is 0.305 e. The van der Waals surface area contributed by atoms with E-state index in [9.17, 15) is 20.3 Å². The monoisotopic (exact) mass is 338 g/mol. The first kappa shape index (κ1) is 18.2. The van der Waals surface area contributed by atoms with E-state index in [2.05, 4.69) is 0 Å². The number of fused-ring (bicyclic) bond motifs is 1. The summed E-state index contributed by atoms with van der Waals surface area (Å²) < 4.78 is 8.84. The number of rotatable bonds is 8. The van der Waals surface area contributed by atoms with Gasteiger partial charge in [0.25, 0.3) is 5.82 Å². The van der Waals surface area contributed by atoms with Crippen LogP contribution in [-0.4, -0.2) is 39.3 Å². The van der Waals surface area contributed by atoms with Gasteiger partial charge in [-0.2, -0.15) is 0 Å². The van der Waals surface area contributed by atoms with Crippen molar-refractivity contribution in [1.29, 1.82) is 0 Å². The molecule has 0 atom stereocenters. The van der Waals surface area contributed by atoms with Crippen molar-refractivity contribution in [1.82, 2.24) is 4.57 Å². The third-order valence-corrected chi connectivity index (χ3v) is 3.95. The average Bonchev–Trinajstić information content (AvgIpc) is 2.80. The molecule has 8 nitrogen and oxygen atoms in total.